The highest BCUT2D eigenvalue weighted by Gasteiger charge is 2.13. The van der Waals surface area contributed by atoms with Crippen LogP contribution in [0.15, 0.2) is 29.2 Å². The molecule has 0 saturated carbocycles. The van der Waals surface area contributed by atoms with Crippen LogP contribution in [0.4, 0.5) is 0 Å². The number of aryl methyl sites for hydroxylation is 2. The number of Topliss-reactive ketones (excluding diaryl/α,β-unsaturated/α-hetero) is 1. The van der Waals surface area contributed by atoms with Crippen molar-refractivity contribution in [1.82, 2.24) is 4.98 Å². The molecule has 3 nitrogen and oxygen atoms in total. The molecule has 2 aromatic rings. The number of allylic oxidation sites excluding steroid dienone is 1. The fourth-order valence-electron chi connectivity index (χ4n) is 1.73. The summed E-state index contributed by atoms with van der Waals surface area (Å²) in [5.74, 6) is -0.223. The lowest BCUT2D eigenvalue weighted by molar-refractivity contribution is 0.104. The first-order valence-corrected chi connectivity index (χ1v) is 6.36. The smallest absolute Gasteiger partial charge is 0.213 e. The summed E-state index contributed by atoms with van der Waals surface area (Å²) < 4.78 is 0. The Morgan fingerprint density at radius 3 is 2.78 bits per heavy atom. The first kappa shape index (κ1) is 12.3. The second-order valence-corrected chi connectivity index (χ2v) is 4.97. The van der Waals surface area contributed by atoms with E-state index >= 15 is 0 Å². The number of nitrogens with zero attached hydrogens (tertiary/aromatic N) is 1. The van der Waals surface area contributed by atoms with Gasteiger partial charge < -0.3 is 4.98 Å². The molecule has 0 saturated heterocycles. The Labute approximate surface area is 109 Å². The van der Waals surface area contributed by atoms with Gasteiger partial charge in [-0.05, 0) is 43.0 Å². The van der Waals surface area contributed by atoms with Crippen molar-refractivity contribution in [2.75, 3.05) is 0 Å². The van der Waals surface area contributed by atoms with Crippen LogP contribution in [0.25, 0.3) is 6.08 Å². The van der Waals surface area contributed by atoms with Crippen molar-refractivity contribution in [2.45, 2.75) is 13.8 Å². The van der Waals surface area contributed by atoms with Gasteiger partial charge in [0.2, 0.25) is 5.78 Å². The molecule has 0 unspecified atom stereocenters. The van der Waals surface area contributed by atoms with Gasteiger partial charge in [-0.25, -0.2) is 0 Å². The fourth-order valence-corrected chi connectivity index (χ4v) is 2.41. The van der Waals surface area contributed by atoms with Crippen LogP contribution >= 0.6 is 11.3 Å². The topological polar surface area (TPSA) is 56.6 Å². The third-order valence-electron chi connectivity index (χ3n) is 2.59. The van der Waals surface area contributed by atoms with E-state index in [-0.39, 0.29) is 11.4 Å². The first-order chi connectivity index (χ1) is 8.61. The molecule has 4 heteroatoms. The molecular formula is C14H12N2OS. The highest BCUT2D eigenvalue weighted by atomic mass is 32.1. The van der Waals surface area contributed by atoms with Crippen LogP contribution in [0.3, 0.4) is 0 Å². The lowest BCUT2D eigenvalue weighted by Crippen LogP contribution is -1.99. The maximum absolute atomic E-state index is 12.1. The minimum atomic E-state index is -0.223. The van der Waals surface area contributed by atoms with E-state index in [9.17, 15) is 4.79 Å². The third-order valence-corrected chi connectivity index (χ3v) is 3.46. The number of aromatic nitrogens is 1. The van der Waals surface area contributed by atoms with Gasteiger partial charge in [-0.15, -0.1) is 11.3 Å². The number of nitriles is 1. The summed E-state index contributed by atoms with van der Waals surface area (Å²) >= 11 is 1.34. The van der Waals surface area contributed by atoms with E-state index < -0.39 is 0 Å². The van der Waals surface area contributed by atoms with Crippen LogP contribution in [-0.2, 0) is 0 Å². The second kappa shape index (κ2) is 5.03. The lowest BCUT2D eigenvalue weighted by Gasteiger charge is -1.96. The van der Waals surface area contributed by atoms with Crippen LogP contribution in [-0.4, -0.2) is 10.8 Å². The number of aromatic amines is 1. The Morgan fingerprint density at radius 2 is 2.28 bits per heavy atom. The molecule has 0 radical (unpaired) electrons. The quantitative estimate of drug-likeness (QED) is 0.519. The van der Waals surface area contributed by atoms with Crippen molar-refractivity contribution in [2.24, 2.45) is 0 Å². The minimum absolute atomic E-state index is 0.155. The molecule has 0 spiro atoms. The molecule has 18 heavy (non-hydrogen) atoms. The molecule has 2 aromatic heterocycles. The summed E-state index contributed by atoms with van der Waals surface area (Å²) in [5, 5.41) is 10.9. The highest BCUT2D eigenvalue weighted by Crippen LogP contribution is 2.18. The number of rotatable bonds is 3. The minimum Gasteiger partial charge on any atom is -0.359 e. The molecule has 0 atom stereocenters. The van der Waals surface area contributed by atoms with Gasteiger partial charge in [0.25, 0.3) is 0 Å². The molecule has 90 valence electrons. The number of carbonyl (C=O) groups is 1. The number of H-pyrrole nitrogens is 1. The predicted molar refractivity (Wildman–Crippen MR) is 72.5 cm³/mol. The maximum atomic E-state index is 12.1. The van der Waals surface area contributed by atoms with Crippen molar-refractivity contribution < 1.29 is 4.79 Å². The Morgan fingerprint density at radius 1 is 1.50 bits per heavy atom. The predicted octanol–water partition coefficient (Wildman–Crippen LogP) is 3.48. The average Bonchev–Trinajstić information content (AvgIpc) is 2.95. The molecule has 2 heterocycles. The summed E-state index contributed by atoms with van der Waals surface area (Å²) in [7, 11) is 0. The van der Waals surface area contributed by atoms with Gasteiger partial charge in [-0.2, -0.15) is 5.26 Å². The zero-order valence-electron chi connectivity index (χ0n) is 10.2. The van der Waals surface area contributed by atoms with Gasteiger partial charge in [-0.3, -0.25) is 4.79 Å². The number of ketones is 1. The zero-order chi connectivity index (χ0) is 13.1. The van der Waals surface area contributed by atoms with Gasteiger partial charge >= 0.3 is 0 Å². The van der Waals surface area contributed by atoms with Gasteiger partial charge in [0.15, 0.2) is 0 Å². The average molecular weight is 256 g/mol. The largest absolute Gasteiger partial charge is 0.359 e. The lowest BCUT2D eigenvalue weighted by atomic mass is 10.1. The van der Waals surface area contributed by atoms with Gasteiger partial charge in [0, 0.05) is 11.4 Å². The molecule has 1 N–H and O–H groups in total. The molecule has 0 fully saturated rings. The number of nitrogens with one attached hydrogen (secondary N) is 1. The molecule has 2 rings (SSSR count). The standard InChI is InChI=1S/C14H12N2OS/c1-9-6-10(2)16-12(9)7-11(8-15)14(17)13-4-3-5-18-13/h3-7,16H,1-2H3. The van der Waals surface area contributed by atoms with Crippen LogP contribution in [0.5, 0.6) is 0 Å². The van der Waals surface area contributed by atoms with Crippen molar-refractivity contribution in [3.05, 3.63) is 51.0 Å². The summed E-state index contributed by atoms with van der Waals surface area (Å²) in [4.78, 5) is 15.8. The SMILES string of the molecule is Cc1cc(C)c(C=C(C#N)C(=O)c2cccs2)[nH]1. The number of thiophene rings is 1. The van der Waals surface area contributed by atoms with Gasteiger partial charge in [0.1, 0.15) is 11.6 Å². The van der Waals surface area contributed by atoms with Gasteiger partial charge in [-0.1, -0.05) is 6.07 Å². The van der Waals surface area contributed by atoms with Gasteiger partial charge in [0.05, 0.1) is 4.88 Å². The van der Waals surface area contributed by atoms with E-state index in [0.29, 0.717) is 4.88 Å². The molecular weight excluding hydrogens is 244 g/mol. The monoisotopic (exact) mass is 256 g/mol. The van der Waals surface area contributed by atoms with Crippen molar-refractivity contribution in [3.63, 3.8) is 0 Å². The molecule has 0 aromatic carbocycles. The molecule has 0 aliphatic heterocycles. The highest BCUT2D eigenvalue weighted by molar-refractivity contribution is 7.12. The fraction of sp³-hybridized carbons (Fsp3) is 0.143. The number of hydrogen-bond donors (Lipinski definition) is 1. The first-order valence-electron chi connectivity index (χ1n) is 5.48. The summed E-state index contributed by atoms with van der Waals surface area (Å²) in [6, 6.07) is 7.49. The zero-order valence-corrected chi connectivity index (χ0v) is 11.0. The number of hydrogen-bond acceptors (Lipinski definition) is 3. The Bertz CT molecular complexity index is 642. The van der Waals surface area contributed by atoms with E-state index in [1.165, 1.54) is 11.3 Å². The van der Waals surface area contributed by atoms with Crippen molar-refractivity contribution >= 4 is 23.2 Å². The third kappa shape index (κ3) is 2.41. The maximum Gasteiger partial charge on any atom is 0.213 e. The van der Waals surface area contributed by atoms with E-state index in [4.69, 9.17) is 5.26 Å². The van der Waals surface area contributed by atoms with Crippen LogP contribution in [0, 0.1) is 25.2 Å². The molecule has 0 aliphatic carbocycles. The van der Waals surface area contributed by atoms with E-state index in [1.807, 2.05) is 31.4 Å². The summed E-state index contributed by atoms with van der Waals surface area (Å²) in [6.45, 7) is 3.89. The Hall–Kier alpha value is -2.12. The van der Waals surface area contributed by atoms with E-state index in [2.05, 4.69) is 4.98 Å². The second-order valence-electron chi connectivity index (χ2n) is 4.03. The van der Waals surface area contributed by atoms with Crippen LogP contribution < -0.4 is 0 Å². The number of carbonyl (C=O) groups excluding carboxylic acids is 1. The van der Waals surface area contributed by atoms with Crippen molar-refractivity contribution in [3.8, 4) is 6.07 Å². The van der Waals surface area contributed by atoms with Crippen LogP contribution in [0.2, 0.25) is 0 Å². The van der Waals surface area contributed by atoms with E-state index in [1.54, 1.807) is 18.2 Å². The normalized spacial score (nSPS) is 11.3. The molecule has 0 aliphatic rings. The molecule has 0 bridgehead atoms. The summed E-state index contributed by atoms with van der Waals surface area (Å²) in [6.07, 6.45) is 1.62. The Balaban J connectivity index is 2.38. The Kier molecular flexibility index (Phi) is 3.45. The van der Waals surface area contributed by atoms with Crippen molar-refractivity contribution in [1.29, 1.82) is 5.26 Å². The molecule has 0 amide bonds. The van der Waals surface area contributed by atoms with E-state index in [0.717, 1.165) is 17.0 Å². The summed E-state index contributed by atoms with van der Waals surface area (Å²) in [5.41, 5.74) is 3.01. The van der Waals surface area contributed by atoms with Crippen LogP contribution in [0.1, 0.15) is 26.6 Å².